The quantitative estimate of drug-likeness (QED) is 0.237. The Labute approximate surface area is 252 Å². The normalized spacial score (nSPS) is 22.9. The first kappa shape index (κ1) is 35.6. The second-order valence-corrected chi connectivity index (χ2v) is 11.3. The first-order chi connectivity index (χ1) is 20.5. The van der Waals surface area contributed by atoms with Gasteiger partial charge >= 0.3 is 12.2 Å². The zero-order valence-electron chi connectivity index (χ0n) is 25.8. The van der Waals surface area contributed by atoms with Crippen molar-refractivity contribution in [2.24, 2.45) is 17.8 Å². The summed E-state index contributed by atoms with van der Waals surface area (Å²) in [6, 6.07) is -0.990. The fourth-order valence-corrected chi connectivity index (χ4v) is 5.22. The minimum atomic E-state index is -0.990. The molecular weight excluding hydrogens is 564 g/mol. The predicted octanol–water partition coefficient (Wildman–Crippen LogP) is 0.705. The van der Waals surface area contributed by atoms with E-state index in [1.165, 1.54) is 9.80 Å². The van der Waals surface area contributed by atoms with Gasteiger partial charge in [-0.1, -0.05) is 13.8 Å². The lowest BCUT2D eigenvalue weighted by molar-refractivity contribution is -0.142. The van der Waals surface area contributed by atoms with Crippen molar-refractivity contribution in [1.82, 2.24) is 30.8 Å². The van der Waals surface area contributed by atoms with Crippen molar-refractivity contribution < 1.29 is 43.4 Å². The summed E-state index contributed by atoms with van der Waals surface area (Å²) >= 11 is 0. The molecule has 0 bridgehead atoms. The van der Waals surface area contributed by atoms with Crippen LogP contribution in [0.5, 0.6) is 0 Å². The number of piperazine rings is 1. The summed E-state index contributed by atoms with van der Waals surface area (Å²) in [5.41, 5.74) is 1.65. The van der Waals surface area contributed by atoms with E-state index < -0.39 is 47.8 Å². The van der Waals surface area contributed by atoms with Gasteiger partial charge in [-0.2, -0.15) is 0 Å². The predicted molar refractivity (Wildman–Crippen MR) is 154 cm³/mol. The molecule has 3 atom stereocenters. The van der Waals surface area contributed by atoms with Crippen molar-refractivity contribution >= 4 is 35.8 Å². The average Bonchev–Trinajstić information content (AvgIpc) is 2.99. The van der Waals surface area contributed by atoms with Crippen LogP contribution in [0, 0.1) is 17.8 Å². The molecule has 4 N–H and O–H groups in total. The molecule has 43 heavy (non-hydrogen) atoms. The lowest BCUT2D eigenvalue weighted by Gasteiger charge is -2.34. The van der Waals surface area contributed by atoms with Gasteiger partial charge in [-0.25, -0.2) is 15.1 Å². The third kappa shape index (κ3) is 11.5. The topological polar surface area (TPSA) is 187 Å². The first-order valence-electron chi connectivity index (χ1n) is 15.1. The number of hydrogen-bond donors (Lipinski definition) is 4. The van der Waals surface area contributed by atoms with Crippen molar-refractivity contribution in [3.05, 3.63) is 0 Å². The van der Waals surface area contributed by atoms with Crippen LogP contribution >= 0.6 is 0 Å². The molecular formula is C28H48N6O9. The van der Waals surface area contributed by atoms with Crippen molar-refractivity contribution in [2.45, 2.75) is 65.3 Å². The van der Waals surface area contributed by atoms with Gasteiger partial charge in [0, 0.05) is 45.7 Å². The average molecular weight is 613 g/mol. The summed E-state index contributed by atoms with van der Waals surface area (Å²) in [5, 5.41) is 14.8. The number of hydroxylamine groups is 1. The van der Waals surface area contributed by atoms with Crippen molar-refractivity contribution in [2.75, 3.05) is 59.5 Å². The standard InChI is InChI=1S/C28H48N6O9/c1-5-42-28(40)34-14-12-33(13-15-34)23(35)18-29-26(38)22-10-6-7-11-32(4)27(39)43-16-8-9-20(25(37)31-41)21(17-19(2)3)24(36)30-22/h19-22,41H,5-18H2,1-4H3,(H,29,38)(H,30,36)(H,31,37)/t20-,21+,22-/m0/s1. The van der Waals surface area contributed by atoms with Crippen LogP contribution in [0.4, 0.5) is 9.59 Å². The van der Waals surface area contributed by atoms with Crippen LogP contribution in [0.1, 0.15) is 59.3 Å². The van der Waals surface area contributed by atoms with Crippen LogP contribution in [0.25, 0.3) is 0 Å². The number of carbonyl (C=O) groups excluding carboxylic acids is 6. The molecule has 2 fully saturated rings. The Balaban J connectivity index is 2.14. The minimum absolute atomic E-state index is 0.0208. The highest BCUT2D eigenvalue weighted by Crippen LogP contribution is 2.26. The molecule has 2 heterocycles. The molecule has 2 rings (SSSR count). The number of carbonyl (C=O) groups is 6. The van der Waals surface area contributed by atoms with E-state index in [4.69, 9.17) is 9.47 Å². The Morgan fingerprint density at radius 2 is 1.67 bits per heavy atom. The van der Waals surface area contributed by atoms with Crippen molar-refractivity contribution in [1.29, 1.82) is 0 Å². The fourth-order valence-electron chi connectivity index (χ4n) is 5.22. The minimum Gasteiger partial charge on any atom is -0.450 e. The van der Waals surface area contributed by atoms with Gasteiger partial charge in [0.15, 0.2) is 0 Å². The summed E-state index contributed by atoms with van der Waals surface area (Å²) in [6.45, 7) is 7.16. The van der Waals surface area contributed by atoms with E-state index in [0.717, 1.165) is 0 Å². The molecule has 15 nitrogen and oxygen atoms in total. The second-order valence-electron chi connectivity index (χ2n) is 11.3. The van der Waals surface area contributed by atoms with Crippen molar-refractivity contribution in [3.8, 4) is 0 Å². The Morgan fingerprint density at radius 3 is 2.30 bits per heavy atom. The van der Waals surface area contributed by atoms with Crippen LogP contribution in [0.2, 0.25) is 0 Å². The lowest BCUT2D eigenvalue weighted by atomic mass is 9.81. The van der Waals surface area contributed by atoms with E-state index in [9.17, 15) is 34.0 Å². The van der Waals surface area contributed by atoms with Gasteiger partial charge in [0.2, 0.25) is 23.6 Å². The molecule has 2 aliphatic heterocycles. The van der Waals surface area contributed by atoms with Gasteiger partial charge in [-0.15, -0.1) is 0 Å². The van der Waals surface area contributed by atoms with Crippen LogP contribution in [-0.4, -0.2) is 121 Å². The number of cyclic esters (lactones) is 1. The second kappa shape index (κ2) is 18.1. The van der Waals surface area contributed by atoms with Crippen LogP contribution in [-0.2, 0) is 28.7 Å². The molecule has 0 radical (unpaired) electrons. The molecule has 0 aromatic carbocycles. The third-order valence-electron chi connectivity index (χ3n) is 7.63. The number of ether oxygens (including phenoxy) is 2. The van der Waals surface area contributed by atoms with Gasteiger partial charge in [0.05, 0.1) is 25.7 Å². The van der Waals surface area contributed by atoms with E-state index in [0.29, 0.717) is 58.4 Å². The number of rotatable bonds is 7. The number of nitrogens with one attached hydrogen (secondary N) is 3. The summed E-state index contributed by atoms with van der Waals surface area (Å²) in [6.07, 6.45) is 1.09. The summed E-state index contributed by atoms with van der Waals surface area (Å²) in [4.78, 5) is 81.1. The van der Waals surface area contributed by atoms with Crippen LogP contribution in [0.15, 0.2) is 0 Å². The van der Waals surface area contributed by atoms with Gasteiger partial charge in [0.1, 0.15) is 6.04 Å². The smallest absolute Gasteiger partial charge is 0.409 e. The molecule has 2 aliphatic rings. The maximum Gasteiger partial charge on any atom is 0.409 e. The van der Waals surface area contributed by atoms with Crippen LogP contribution < -0.4 is 16.1 Å². The van der Waals surface area contributed by atoms with Crippen molar-refractivity contribution in [3.63, 3.8) is 0 Å². The fraction of sp³-hybridized carbons (Fsp3) is 0.786. The number of amides is 6. The molecule has 0 saturated carbocycles. The summed E-state index contributed by atoms with van der Waals surface area (Å²) in [5.74, 6) is -3.87. The number of hydrogen-bond acceptors (Lipinski definition) is 9. The SMILES string of the molecule is CCOC(=O)N1CCN(C(=O)CNC(=O)[C@@H]2CCCCN(C)C(=O)OCCC[C@H](C(=O)NO)[C@@H](CC(C)C)C(=O)N2)CC1. The molecule has 0 spiro atoms. The van der Waals surface area contributed by atoms with Gasteiger partial charge in [0.25, 0.3) is 0 Å². The lowest BCUT2D eigenvalue weighted by Crippen LogP contribution is -2.54. The van der Waals surface area contributed by atoms with E-state index in [1.807, 2.05) is 13.8 Å². The summed E-state index contributed by atoms with van der Waals surface area (Å²) < 4.78 is 10.3. The molecule has 6 amide bonds. The zero-order chi connectivity index (χ0) is 31.9. The molecule has 2 saturated heterocycles. The molecule has 244 valence electrons. The van der Waals surface area contributed by atoms with Crippen LogP contribution in [0.3, 0.4) is 0 Å². The van der Waals surface area contributed by atoms with E-state index in [2.05, 4.69) is 10.6 Å². The monoisotopic (exact) mass is 612 g/mol. The molecule has 0 aromatic rings. The van der Waals surface area contributed by atoms with E-state index in [1.54, 1.807) is 24.4 Å². The maximum absolute atomic E-state index is 13.6. The third-order valence-corrected chi connectivity index (χ3v) is 7.63. The molecule has 0 aromatic heterocycles. The Hall–Kier alpha value is -3.62. The van der Waals surface area contributed by atoms with Gasteiger partial charge < -0.3 is 34.8 Å². The maximum atomic E-state index is 13.6. The number of nitrogens with zero attached hydrogens (tertiary/aromatic N) is 3. The highest BCUT2D eigenvalue weighted by molar-refractivity contribution is 5.93. The Morgan fingerprint density at radius 1 is 1.00 bits per heavy atom. The largest absolute Gasteiger partial charge is 0.450 e. The summed E-state index contributed by atoms with van der Waals surface area (Å²) in [7, 11) is 1.60. The Kier molecular flexibility index (Phi) is 15.0. The van der Waals surface area contributed by atoms with E-state index in [-0.39, 0.29) is 44.4 Å². The molecule has 15 heteroatoms. The van der Waals surface area contributed by atoms with E-state index >= 15 is 0 Å². The highest BCUT2D eigenvalue weighted by atomic mass is 16.6. The first-order valence-corrected chi connectivity index (χ1v) is 15.1. The van der Waals surface area contributed by atoms with Gasteiger partial charge in [-0.3, -0.25) is 24.4 Å². The molecule has 0 aliphatic carbocycles. The zero-order valence-corrected chi connectivity index (χ0v) is 25.8. The molecule has 0 unspecified atom stereocenters. The van der Waals surface area contributed by atoms with Gasteiger partial charge in [-0.05, 0) is 51.4 Å². The highest BCUT2D eigenvalue weighted by Gasteiger charge is 2.36. The Bertz CT molecular complexity index is 970.